The highest BCUT2D eigenvalue weighted by molar-refractivity contribution is 5.90. The number of esters is 2. The maximum absolute atomic E-state index is 12.7. The van der Waals surface area contributed by atoms with Crippen molar-refractivity contribution >= 4 is 11.9 Å². The molecule has 192 valence electrons. The molecule has 2 rings (SSSR count). The van der Waals surface area contributed by atoms with E-state index in [0.717, 1.165) is 38.5 Å². The van der Waals surface area contributed by atoms with Crippen molar-refractivity contribution in [3.05, 3.63) is 29.8 Å². The fourth-order valence-electron chi connectivity index (χ4n) is 4.72. The summed E-state index contributed by atoms with van der Waals surface area (Å²) < 4.78 is 11.3. The fourth-order valence-corrected chi connectivity index (χ4v) is 4.72. The van der Waals surface area contributed by atoms with Crippen LogP contribution < -0.4 is 0 Å². The number of cyclic esters (lactones) is 1. The molecule has 0 radical (unpaired) electrons. The van der Waals surface area contributed by atoms with Crippen molar-refractivity contribution in [1.82, 2.24) is 0 Å². The maximum atomic E-state index is 12.7. The van der Waals surface area contributed by atoms with Gasteiger partial charge >= 0.3 is 11.9 Å². The second kappa shape index (κ2) is 16.6. The summed E-state index contributed by atoms with van der Waals surface area (Å²) in [7, 11) is 0. The van der Waals surface area contributed by atoms with E-state index in [1.54, 1.807) is 12.1 Å². The van der Waals surface area contributed by atoms with Crippen LogP contribution in [0.3, 0.4) is 0 Å². The molecule has 5 heteroatoms. The van der Waals surface area contributed by atoms with Gasteiger partial charge in [-0.1, -0.05) is 97.0 Å². The Hall–Kier alpha value is -2.04. The predicted molar refractivity (Wildman–Crippen MR) is 136 cm³/mol. The normalized spacial score (nSPS) is 18.2. The first-order valence-electron chi connectivity index (χ1n) is 13.8. The fraction of sp³-hybridized carbons (Fsp3) is 0.724. The zero-order valence-corrected chi connectivity index (χ0v) is 21.4. The Bertz CT molecular complexity index is 716. The molecule has 1 aliphatic heterocycles. The van der Waals surface area contributed by atoms with E-state index in [0.29, 0.717) is 12.0 Å². The predicted octanol–water partition coefficient (Wildman–Crippen LogP) is 7.74. The Kier molecular flexibility index (Phi) is 13.7. The van der Waals surface area contributed by atoms with E-state index in [2.05, 4.69) is 13.8 Å². The molecular formula is C29H46O5. The van der Waals surface area contributed by atoms with Gasteiger partial charge in [-0.2, -0.15) is 0 Å². The molecule has 1 N–H and O–H groups in total. The number of carbonyl (C=O) groups is 2. The first-order valence-corrected chi connectivity index (χ1v) is 13.8. The summed E-state index contributed by atoms with van der Waals surface area (Å²) in [5, 5.41) is 9.70. The van der Waals surface area contributed by atoms with Crippen molar-refractivity contribution in [2.45, 2.75) is 129 Å². The van der Waals surface area contributed by atoms with Crippen LogP contribution in [0.15, 0.2) is 24.3 Å². The molecule has 5 nitrogen and oxygen atoms in total. The number of aromatic hydroxyl groups is 1. The van der Waals surface area contributed by atoms with Crippen LogP contribution in [0.2, 0.25) is 0 Å². The van der Waals surface area contributed by atoms with Gasteiger partial charge in [0, 0.05) is 6.42 Å². The molecule has 1 aromatic rings. The van der Waals surface area contributed by atoms with Gasteiger partial charge in [0.15, 0.2) is 0 Å². The van der Waals surface area contributed by atoms with E-state index in [4.69, 9.17) is 9.47 Å². The van der Waals surface area contributed by atoms with Gasteiger partial charge < -0.3 is 14.6 Å². The van der Waals surface area contributed by atoms with Crippen molar-refractivity contribution in [2.24, 2.45) is 5.92 Å². The van der Waals surface area contributed by atoms with Crippen LogP contribution in [0.5, 0.6) is 5.75 Å². The van der Waals surface area contributed by atoms with E-state index in [-0.39, 0.29) is 29.8 Å². The number of phenolic OH excluding ortho intramolecular Hbond substituents is 1. The standard InChI is InChI=1S/C29H46O5/c1-3-5-7-9-10-11-12-13-14-19-25(33-28(31)23-17-16-18-24(30)21-23)22-27-26(29(32)34-27)20-15-8-6-4-2/h16-18,21,25-27,30H,3-15,19-20,22H2,1-2H3/t25-,26-,27-/m0/s1. The molecule has 1 saturated heterocycles. The molecule has 34 heavy (non-hydrogen) atoms. The van der Waals surface area contributed by atoms with Gasteiger partial charge in [-0.3, -0.25) is 4.79 Å². The molecule has 1 heterocycles. The van der Waals surface area contributed by atoms with E-state index in [9.17, 15) is 14.7 Å². The third-order valence-corrected chi connectivity index (χ3v) is 6.87. The zero-order chi connectivity index (χ0) is 24.6. The van der Waals surface area contributed by atoms with Gasteiger partial charge in [0.25, 0.3) is 0 Å². The Labute approximate surface area is 206 Å². The minimum Gasteiger partial charge on any atom is -0.508 e. The number of hydrogen-bond acceptors (Lipinski definition) is 5. The lowest BCUT2D eigenvalue weighted by Gasteiger charge is -2.37. The van der Waals surface area contributed by atoms with Gasteiger partial charge in [-0.15, -0.1) is 0 Å². The van der Waals surface area contributed by atoms with Crippen molar-refractivity contribution in [3.8, 4) is 5.75 Å². The van der Waals surface area contributed by atoms with Crippen molar-refractivity contribution < 1.29 is 24.2 Å². The molecule has 0 amide bonds. The SMILES string of the molecule is CCCCCCCCCCC[C@@H](C[C@@H]1OC(=O)[C@H]1CCCCCC)OC(=O)c1cccc(O)c1. The van der Waals surface area contributed by atoms with Crippen LogP contribution in [0.4, 0.5) is 0 Å². The van der Waals surface area contributed by atoms with Crippen LogP contribution in [-0.4, -0.2) is 29.3 Å². The molecule has 0 saturated carbocycles. The van der Waals surface area contributed by atoms with Crippen LogP contribution in [-0.2, 0) is 14.3 Å². The van der Waals surface area contributed by atoms with Crippen molar-refractivity contribution in [2.75, 3.05) is 0 Å². The van der Waals surface area contributed by atoms with Crippen LogP contribution >= 0.6 is 0 Å². The summed E-state index contributed by atoms with van der Waals surface area (Å²) in [6.45, 7) is 4.42. The Morgan fingerprint density at radius 1 is 0.941 bits per heavy atom. The topological polar surface area (TPSA) is 72.8 Å². The Balaban J connectivity index is 1.83. The number of benzene rings is 1. The van der Waals surface area contributed by atoms with Crippen molar-refractivity contribution in [3.63, 3.8) is 0 Å². The second-order valence-electron chi connectivity index (χ2n) is 9.86. The molecule has 0 spiro atoms. The lowest BCUT2D eigenvalue weighted by Crippen LogP contribution is -2.47. The summed E-state index contributed by atoms with van der Waals surface area (Å²) in [5.74, 6) is -0.559. The minimum atomic E-state index is -0.429. The molecule has 3 atom stereocenters. The molecule has 0 aliphatic carbocycles. The Morgan fingerprint density at radius 3 is 2.18 bits per heavy atom. The molecule has 0 aromatic heterocycles. The number of rotatable bonds is 19. The highest BCUT2D eigenvalue weighted by atomic mass is 16.6. The van der Waals surface area contributed by atoms with Gasteiger partial charge in [0.2, 0.25) is 0 Å². The summed E-state index contributed by atoms with van der Waals surface area (Å²) in [5.41, 5.74) is 0.346. The van der Waals surface area contributed by atoms with E-state index < -0.39 is 5.97 Å². The number of hydrogen-bond donors (Lipinski definition) is 1. The summed E-state index contributed by atoms with van der Waals surface area (Å²) >= 11 is 0. The highest BCUT2D eigenvalue weighted by Gasteiger charge is 2.43. The minimum absolute atomic E-state index is 0.0463. The van der Waals surface area contributed by atoms with E-state index in [1.807, 2.05) is 0 Å². The number of phenols is 1. The number of carbonyl (C=O) groups excluding carboxylic acids is 2. The van der Waals surface area contributed by atoms with Crippen LogP contribution in [0.25, 0.3) is 0 Å². The molecule has 0 unspecified atom stereocenters. The zero-order valence-electron chi connectivity index (χ0n) is 21.4. The van der Waals surface area contributed by atoms with Crippen LogP contribution in [0, 0.1) is 5.92 Å². The molecule has 1 aliphatic rings. The quantitative estimate of drug-likeness (QED) is 0.164. The van der Waals surface area contributed by atoms with Gasteiger partial charge in [-0.05, 0) is 37.5 Å². The summed E-state index contributed by atoms with van der Waals surface area (Å²) in [4.78, 5) is 24.7. The lowest BCUT2D eigenvalue weighted by atomic mass is 9.86. The molecule has 1 aromatic carbocycles. The third-order valence-electron chi connectivity index (χ3n) is 6.87. The average Bonchev–Trinajstić information content (AvgIpc) is 2.82. The maximum Gasteiger partial charge on any atom is 0.338 e. The summed E-state index contributed by atoms with van der Waals surface area (Å²) in [6.07, 6.45) is 17.4. The lowest BCUT2D eigenvalue weighted by molar-refractivity contribution is -0.188. The Morgan fingerprint density at radius 2 is 1.56 bits per heavy atom. The largest absolute Gasteiger partial charge is 0.508 e. The molecule has 0 bridgehead atoms. The smallest absolute Gasteiger partial charge is 0.338 e. The average molecular weight is 475 g/mol. The van der Waals surface area contributed by atoms with E-state index >= 15 is 0 Å². The summed E-state index contributed by atoms with van der Waals surface area (Å²) in [6, 6.07) is 6.25. The van der Waals surface area contributed by atoms with E-state index in [1.165, 1.54) is 69.9 Å². The van der Waals surface area contributed by atoms with Gasteiger partial charge in [-0.25, -0.2) is 4.79 Å². The first-order chi connectivity index (χ1) is 16.5. The second-order valence-corrected chi connectivity index (χ2v) is 9.86. The highest BCUT2D eigenvalue weighted by Crippen LogP contribution is 2.33. The third kappa shape index (κ3) is 10.5. The first kappa shape index (κ1) is 28.2. The van der Waals surface area contributed by atoms with Gasteiger partial charge in [0.05, 0.1) is 11.5 Å². The number of unbranched alkanes of at least 4 members (excludes halogenated alkanes) is 11. The number of ether oxygens (including phenoxy) is 2. The van der Waals surface area contributed by atoms with Gasteiger partial charge in [0.1, 0.15) is 18.0 Å². The van der Waals surface area contributed by atoms with Crippen LogP contribution in [0.1, 0.15) is 127 Å². The van der Waals surface area contributed by atoms with Crippen molar-refractivity contribution in [1.29, 1.82) is 0 Å². The monoisotopic (exact) mass is 474 g/mol. The molecule has 1 fully saturated rings. The molecular weight excluding hydrogens is 428 g/mol.